The van der Waals surface area contributed by atoms with Crippen molar-refractivity contribution in [2.45, 2.75) is 58.3 Å². The van der Waals surface area contributed by atoms with Crippen LogP contribution in [0.5, 0.6) is 0 Å². The molecule has 1 heterocycles. The van der Waals surface area contributed by atoms with E-state index in [1.54, 1.807) is 0 Å². The lowest BCUT2D eigenvalue weighted by Crippen LogP contribution is -2.10. The van der Waals surface area contributed by atoms with E-state index in [1.807, 2.05) is 0 Å². The second kappa shape index (κ2) is 8.02. The standard InChI is InChI=1S/C12H21N3O/c1-2-3-4-5-6-7-8-9-12(16)15-11-13-10-14-15/h10-11H,2-9H2,1H3. The second-order valence-corrected chi connectivity index (χ2v) is 4.11. The van der Waals surface area contributed by atoms with Crippen molar-refractivity contribution in [3.05, 3.63) is 12.7 Å². The van der Waals surface area contributed by atoms with E-state index in [4.69, 9.17) is 0 Å². The highest BCUT2D eigenvalue weighted by atomic mass is 16.2. The van der Waals surface area contributed by atoms with Crippen molar-refractivity contribution >= 4 is 5.91 Å². The van der Waals surface area contributed by atoms with E-state index in [0.29, 0.717) is 6.42 Å². The molecule has 0 fully saturated rings. The highest BCUT2D eigenvalue weighted by molar-refractivity contribution is 5.77. The van der Waals surface area contributed by atoms with Gasteiger partial charge in [0.15, 0.2) is 0 Å². The summed E-state index contributed by atoms with van der Waals surface area (Å²) in [7, 11) is 0. The van der Waals surface area contributed by atoms with Crippen LogP contribution in [0.15, 0.2) is 12.7 Å². The van der Waals surface area contributed by atoms with Gasteiger partial charge in [-0.2, -0.15) is 9.78 Å². The number of carbonyl (C=O) groups excluding carboxylic acids is 1. The molecule has 0 bridgehead atoms. The zero-order valence-corrected chi connectivity index (χ0v) is 10.1. The Bertz CT molecular complexity index is 282. The van der Waals surface area contributed by atoms with Crippen molar-refractivity contribution in [3.8, 4) is 0 Å². The molecule has 0 aliphatic carbocycles. The van der Waals surface area contributed by atoms with E-state index in [0.717, 1.165) is 12.8 Å². The summed E-state index contributed by atoms with van der Waals surface area (Å²) in [5.41, 5.74) is 0. The summed E-state index contributed by atoms with van der Waals surface area (Å²) in [5.74, 6) is 0.0473. The van der Waals surface area contributed by atoms with Crippen LogP contribution in [-0.4, -0.2) is 20.7 Å². The summed E-state index contributed by atoms with van der Waals surface area (Å²) in [5, 5.41) is 3.81. The lowest BCUT2D eigenvalue weighted by Gasteiger charge is -2.01. The molecule has 0 radical (unpaired) electrons. The van der Waals surface area contributed by atoms with Gasteiger partial charge in [0.1, 0.15) is 12.7 Å². The van der Waals surface area contributed by atoms with Gasteiger partial charge < -0.3 is 0 Å². The molecule has 0 saturated carbocycles. The molecular formula is C12H21N3O. The minimum atomic E-state index is 0.0473. The average molecular weight is 223 g/mol. The van der Waals surface area contributed by atoms with Crippen LogP contribution in [0.1, 0.15) is 63.1 Å². The first kappa shape index (κ1) is 12.9. The van der Waals surface area contributed by atoms with Crippen molar-refractivity contribution in [3.63, 3.8) is 0 Å². The first-order valence-corrected chi connectivity index (χ1v) is 6.22. The third kappa shape index (κ3) is 5.05. The third-order valence-electron chi connectivity index (χ3n) is 2.67. The van der Waals surface area contributed by atoms with Gasteiger partial charge >= 0.3 is 0 Å². The van der Waals surface area contributed by atoms with E-state index in [-0.39, 0.29) is 5.91 Å². The maximum absolute atomic E-state index is 11.5. The average Bonchev–Trinajstić information content (AvgIpc) is 2.81. The predicted molar refractivity (Wildman–Crippen MR) is 63.3 cm³/mol. The van der Waals surface area contributed by atoms with Gasteiger partial charge in [-0.25, -0.2) is 4.98 Å². The van der Waals surface area contributed by atoms with Gasteiger partial charge in [-0.3, -0.25) is 4.79 Å². The molecule has 0 amide bonds. The van der Waals surface area contributed by atoms with Crippen molar-refractivity contribution in [2.75, 3.05) is 0 Å². The SMILES string of the molecule is CCCCCCCCCC(=O)n1cncn1. The minimum absolute atomic E-state index is 0.0473. The van der Waals surface area contributed by atoms with Gasteiger partial charge in [0, 0.05) is 6.42 Å². The fraction of sp³-hybridized carbons (Fsp3) is 0.750. The Morgan fingerprint density at radius 1 is 1.12 bits per heavy atom. The Hall–Kier alpha value is -1.19. The summed E-state index contributed by atoms with van der Waals surface area (Å²) in [6.45, 7) is 2.22. The Morgan fingerprint density at radius 3 is 2.44 bits per heavy atom. The normalized spacial score (nSPS) is 10.6. The van der Waals surface area contributed by atoms with Crippen LogP contribution >= 0.6 is 0 Å². The first-order chi connectivity index (χ1) is 7.84. The molecule has 90 valence electrons. The highest BCUT2D eigenvalue weighted by Gasteiger charge is 2.03. The van der Waals surface area contributed by atoms with Crippen LogP contribution in [0.2, 0.25) is 0 Å². The largest absolute Gasteiger partial charge is 0.273 e. The molecule has 1 rings (SSSR count). The van der Waals surface area contributed by atoms with Crippen LogP contribution < -0.4 is 0 Å². The molecule has 0 saturated heterocycles. The van der Waals surface area contributed by atoms with Gasteiger partial charge in [0.2, 0.25) is 5.91 Å². The zero-order valence-electron chi connectivity index (χ0n) is 10.1. The van der Waals surface area contributed by atoms with Crippen LogP contribution in [-0.2, 0) is 0 Å². The summed E-state index contributed by atoms with van der Waals surface area (Å²) < 4.78 is 1.32. The van der Waals surface area contributed by atoms with Gasteiger partial charge in [0.25, 0.3) is 0 Å². The highest BCUT2D eigenvalue weighted by Crippen LogP contribution is 2.08. The molecular weight excluding hydrogens is 202 g/mol. The topological polar surface area (TPSA) is 47.8 Å². The Balaban J connectivity index is 1.97. The van der Waals surface area contributed by atoms with Crippen LogP contribution in [0, 0.1) is 0 Å². The molecule has 0 atom stereocenters. The quantitative estimate of drug-likeness (QED) is 0.636. The number of hydrogen-bond donors (Lipinski definition) is 0. The second-order valence-electron chi connectivity index (χ2n) is 4.11. The van der Waals surface area contributed by atoms with Gasteiger partial charge in [0.05, 0.1) is 0 Å². The summed E-state index contributed by atoms with van der Waals surface area (Å²) in [6.07, 6.45) is 12.0. The van der Waals surface area contributed by atoms with Crippen LogP contribution in [0.4, 0.5) is 0 Å². The van der Waals surface area contributed by atoms with Crippen molar-refractivity contribution in [1.29, 1.82) is 0 Å². The molecule has 0 N–H and O–H groups in total. The lowest BCUT2D eigenvalue weighted by molar-refractivity contribution is 0.0882. The Kier molecular flexibility index (Phi) is 6.45. The fourth-order valence-corrected chi connectivity index (χ4v) is 1.68. The van der Waals surface area contributed by atoms with Crippen molar-refractivity contribution in [1.82, 2.24) is 14.8 Å². The minimum Gasteiger partial charge on any atom is -0.273 e. The van der Waals surface area contributed by atoms with Gasteiger partial charge in [-0.15, -0.1) is 0 Å². The number of carbonyl (C=O) groups is 1. The third-order valence-corrected chi connectivity index (χ3v) is 2.67. The van der Waals surface area contributed by atoms with E-state index in [1.165, 1.54) is 49.4 Å². The van der Waals surface area contributed by atoms with Gasteiger partial charge in [-0.1, -0.05) is 45.4 Å². The fourth-order valence-electron chi connectivity index (χ4n) is 1.68. The maximum atomic E-state index is 11.5. The number of nitrogens with zero attached hydrogens (tertiary/aromatic N) is 3. The molecule has 0 unspecified atom stereocenters. The molecule has 0 aliphatic heterocycles. The van der Waals surface area contributed by atoms with E-state index in [2.05, 4.69) is 17.0 Å². The lowest BCUT2D eigenvalue weighted by atomic mass is 10.1. The number of unbranched alkanes of at least 4 members (excludes halogenated alkanes) is 6. The Labute approximate surface area is 97.1 Å². The maximum Gasteiger partial charge on any atom is 0.248 e. The molecule has 0 aliphatic rings. The van der Waals surface area contributed by atoms with Crippen molar-refractivity contribution in [2.24, 2.45) is 0 Å². The number of rotatable bonds is 8. The van der Waals surface area contributed by atoms with Crippen LogP contribution in [0.25, 0.3) is 0 Å². The molecule has 16 heavy (non-hydrogen) atoms. The molecule has 0 spiro atoms. The number of aromatic nitrogens is 3. The molecule has 0 aromatic carbocycles. The summed E-state index contributed by atoms with van der Waals surface area (Å²) in [4.78, 5) is 15.3. The predicted octanol–water partition coefficient (Wildman–Crippen LogP) is 3.06. The Morgan fingerprint density at radius 2 is 1.81 bits per heavy atom. The summed E-state index contributed by atoms with van der Waals surface area (Å²) in [6, 6.07) is 0. The van der Waals surface area contributed by atoms with E-state index in [9.17, 15) is 4.79 Å². The zero-order chi connectivity index (χ0) is 11.6. The van der Waals surface area contributed by atoms with E-state index < -0.39 is 0 Å². The molecule has 4 nitrogen and oxygen atoms in total. The van der Waals surface area contributed by atoms with Crippen molar-refractivity contribution < 1.29 is 4.79 Å². The molecule has 1 aromatic rings. The number of hydrogen-bond acceptors (Lipinski definition) is 3. The monoisotopic (exact) mass is 223 g/mol. The summed E-state index contributed by atoms with van der Waals surface area (Å²) >= 11 is 0. The molecule has 1 aromatic heterocycles. The van der Waals surface area contributed by atoms with E-state index >= 15 is 0 Å². The molecule has 4 heteroatoms. The van der Waals surface area contributed by atoms with Crippen LogP contribution in [0.3, 0.4) is 0 Å². The smallest absolute Gasteiger partial charge is 0.248 e. The van der Waals surface area contributed by atoms with Gasteiger partial charge in [-0.05, 0) is 6.42 Å². The first-order valence-electron chi connectivity index (χ1n) is 6.22.